The van der Waals surface area contributed by atoms with Crippen LogP contribution in [-0.4, -0.2) is 32.3 Å². The van der Waals surface area contributed by atoms with Crippen molar-refractivity contribution in [2.75, 3.05) is 11.9 Å². The standard InChI is InChI=1S/C22H21N5O4/c1-3-15-11-20(28)25-22(23-15)27-19(12-16(26-27)18-9-6-10-30-18)24-21(29)13-31-17-8-5-4-7-14(17)2/h4-12H,3,13H2,1-2H3,(H,24,29)(H,23,25,28). The fraction of sp³-hybridized carbons (Fsp3) is 0.182. The van der Waals surface area contributed by atoms with Gasteiger partial charge in [-0.2, -0.15) is 9.78 Å². The predicted molar refractivity (Wildman–Crippen MR) is 114 cm³/mol. The van der Waals surface area contributed by atoms with Crippen molar-refractivity contribution < 1.29 is 13.9 Å². The summed E-state index contributed by atoms with van der Waals surface area (Å²) in [4.78, 5) is 31.7. The smallest absolute Gasteiger partial charge is 0.263 e. The molecule has 0 aliphatic heterocycles. The zero-order valence-corrected chi connectivity index (χ0v) is 17.1. The minimum absolute atomic E-state index is 0.189. The number of H-pyrrole nitrogens is 1. The summed E-state index contributed by atoms with van der Waals surface area (Å²) in [6.45, 7) is 3.61. The van der Waals surface area contributed by atoms with Gasteiger partial charge in [0.25, 0.3) is 11.5 Å². The highest BCUT2D eigenvalue weighted by atomic mass is 16.5. The van der Waals surface area contributed by atoms with Crippen LogP contribution < -0.4 is 15.6 Å². The molecule has 158 valence electrons. The number of aromatic amines is 1. The van der Waals surface area contributed by atoms with Gasteiger partial charge in [-0.05, 0) is 37.1 Å². The minimum Gasteiger partial charge on any atom is -0.483 e. The molecule has 3 aromatic heterocycles. The third-order valence-corrected chi connectivity index (χ3v) is 4.55. The first-order chi connectivity index (χ1) is 15.0. The van der Waals surface area contributed by atoms with Crippen molar-refractivity contribution in [1.29, 1.82) is 0 Å². The lowest BCUT2D eigenvalue weighted by atomic mass is 10.2. The van der Waals surface area contributed by atoms with Crippen LogP contribution in [-0.2, 0) is 11.2 Å². The van der Waals surface area contributed by atoms with Crippen LogP contribution in [0.3, 0.4) is 0 Å². The molecule has 31 heavy (non-hydrogen) atoms. The SMILES string of the molecule is CCc1cc(=O)[nH]c(-n2nc(-c3ccco3)cc2NC(=O)COc2ccccc2C)n1. The third-order valence-electron chi connectivity index (χ3n) is 4.55. The quantitative estimate of drug-likeness (QED) is 0.476. The van der Waals surface area contributed by atoms with Gasteiger partial charge in [0.2, 0.25) is 5.95 Å². The van der Waals surface area contributed by atoms with E-state index in [0.717, 1.165) is 5.56 Å². The Kier molecular flexibility index (Phi) is 5.65. The van der Waals surface area contributed by atoms with Gasteiger partial charge in [0.05, 0.1) is 6.26 Å². The van der Waals surface area contributed by atoms with Gasteiger partial charge >= 0.3 is 0 Å². The summed E-state index contributed by atoms with van der Waals surface area (Å²) < 4.78 is 12.4. The molecule has 0 saturated heterocycles. The fourth-order valence-electron chi connectivity index (χ4n) is 2.99. The maximum absolute atomic E-state index is 12.6. The number of furan rings is 1. The van der Waals surface area contributed by atoms with E-state index in [2.05, 4.69) is 20.4 Å². The van der Waals surface area contributed by atoms with Crippen LogP contribution >= 0.6 is 0 Å². The average Bonchev–Trinajstić information content (AvgIpc) is 3.43. The van der Waals surface area contributed by atoms with Gasteiger partial charge in [-0.3, -0.25) is 14.6 Å². The van der Waals surface area contributed by atoms with E-state index in [9.17, 15) is 9.59 Å². The van der Waals surface area contributed by atoms with E-state index < -0.39 is 0 Å². The number of amides is 1. The molecule has 3 heterocycles. The van der Waals surface area contributed by atoms with Crippen molar-refractivity contribution in [3.8, 4) is 23.2 Å². The molecule has 1 aromatic carbocycles. The van der Waals surface area contributed by atoms with Crippen molar-refractivity contribution in [2.24, 2.45) is 0 Å². The van der Waals surface area contributed by atoms with Crippen molar-refractivity contribution >= 4 is 11.7 Å². The number of nitrogens with zero attached hydrogens (tertiary/aromatic N) is 3. The van der Waals surface area contributed by atoms with E-state index in [-0.39, 0.29) is 24.0 Å². The molecule has 9 nitrogen and oxygen atoms in total. The molecule has 1 amide bonds. The topological polar surface area (TPSA) is 115 Å². The van der Waals surface area contributed by atoms with E-state index in [4.69, 9.17) is 9.15 Å². The van der Waals surface area contributed by atoms with E-state index in [0.29, 0.717) is 35.1 Å². The van der Waals surface area contributed by atoms with E-state index >= 15 is 0 Å². The molecule has 2 N–H and O–H groups in total. The molecule has 0 unspecified atom stereocenters. The minimum atomic E-state index is -0.385. The first-order valence-electron chi connectivity index (χ1n) is 9.76. The summed E-state index contributed by atoms with van der Waals surface area (Å²) in [7, 11) is 0. The number of anilines is 1. The monoisotopic (exact) mass is 419 g/mol. The Morgan fingerprint density at radius 1 is 1.23 bits per heavy atom. The molecule has 4 aromatic rings. The molecule has 0 fully saturated rings. The number of rotatable bonds is 7. The maximum atomic E-state index is 12.6. The average molecular weight is 419 g/mol. The van der Waals surface area contributed by atoms with E-state index in [1.807, 2.05) is 32.0 Å². The first-order valence-corrected chi connectivity index (χ1v) is 9.76. The third kappa shape index (κ3) is 4.55. The Morgan fingerprint density at radius 2 is 2.06 bits per heavy atom. The number of ether oxygens (including phenoxy) is 1. The molecule has 0 aliphatic rings. The normalized spacial score (nSPS) is 10.8. The number of nitrogens with one attached hydrogen (secondary N) is 2. The second-order valence-electron chi connectivity index (χ2n) is 6.82. The largest absolute Gasteiger partial charge is 0.483 e. The van der Waals surface area contributed by atoms with E-state index in [1.54, 1.807) is 24.3 Å². The van der Waals surface area contributed by atoms with Crippen LogP contribution in [0.5, 0.6) is 5.75 Å². The van der Waals surface area contributed by atoms with Crippen LogP contribution in [0.1, 0.15) is 18.2 Å². The van der Waals surface area contributed by atoms with Crippen LogP contribution in [0, 0.1) is 6.92 Å². The lowest BCUT2D eigenvalue weighted by Crippen LogP contribution is -2.23. The highest BCUT2D eigenvalue weighted by Gasteiger charge is 2.17. The van der Waals surface area contributed by atoms with Gasteiger partial charge in [-0.1, -0.05) is 25.1 Å². The van der Waals surface area contributed by atoms with Crippen molar-refractivity contribution in [3.05, 3.63) is 76.4 Å². The summed E-state index contributed by atoms with van der Waals surface area (Å²) in [5, 5.41) is 7.23. The maximum Gasteiger partial charge on any atom is 0.263 e. The second kappa shape index (κ2) is 8.70. The predicted octanol–water partition coefficient (Wildman–Crippen LogP) is 3.10. The Bertz CT molecular complexity index is 1260. The van der Waals surface area contributed by atoms with Gasteiger partial charge in [0, 0.05) is 17.8 Å². The van der Waals surface area contributed by atoms with Crippen molar-refractivity contribution in [3.63, 3.8) is 0 Å². The van der Waals surface area contributed by atoms with Gasteiger partial charge in [-0.15, -0.1) is 0 Å². The van der Waals surface area contributed by atoms with Gasteiger partial charge in [0.15, 0.2) is 12.4 Å². The zero-order valence-electron chi connectivity index (χ0n) is 17.1. The van der Waals surface area contributed by atoms with E-state index in [1.165, 1.54) is 17.0 Å². The number of hydrogen-bond acceptors (Lipinski definition) is 6. The number of aryl methyl sites for hydroxylation is 2. The fourth-order valence-corrected chi connectivity index (χ4v) is 2.99. The Morgan fingerprint density at radius 3 is 2.81 bits per heavy atom. The summed E-state index contributed by atoms with van der Waals surface area (Å²) >= 11 is 0. The summed E-state index contributed by atoms with van der Waals surface area (Å²) in [6.07, 6.45) is 2.11. The summed E-state index contributed by atoms with van der Waals surface area (Å²) in [5.74, 6) is 1.27. The van der Waals surface area contributed by atoms with Gasteiger partial charge in [0.1, 0.15) is 17.3 Å². The van der Waals surface area contributed by atoms with Crippen molar-refractivity contribution in [2.45, 2.75) is 20.3 Å². The number of carbonyl (C=O) groups is 1. The van der Waals surface area contributed by atoms with Crippen molar-refractivity contribution in [1.82, 2.24) is 19.7 Å². The summed E-state index contributed by atoms with van der Waals surface area (Å²) in [5.41, 5.74) is 1.70. The molecule has 0 spiro atoms. The van der Waals surface area contributed by atoms with Crippen LogP contribution in [0.15, 0.2) is 64.0 Å². The molecule has 0 bridgehead atoms. The Balaban J connectivity index is 1.63. The van der Waals surface area contributed by atoms with Gasteiger partial charge < -0.3 is 14.5 Å². The number of para-hydroxylation sites is 1. The molecule has 9 heteroatoms. The number of aromatic nitrogens is 4. The molecule has 0 radical (unpaired) electrons. The highest BCUT2D eigenvalue weighted by molar-refractivity contribution is 5.91. The Labute approximate surface area is 177 Å². The zero-order chi connectivity index (χ0) is 21.8. The summed E-state index contributed by atoms with van der Waals surface area (Å²) in [6, 6.07) is 14.0. The second-order valence-corrected chi connectivity index (χ2v) is 6.82. The number of benzene rings is 1. The number of hydrogen-bond donors (Lipinski definition) is 2. The van der Waals surface area contributed by atoms with Crippen LogP contribution in [0.4, 0.5) is 5.82 Å². The molecule has 4 rings (SSSR count). The first kappa shape index (κ1) is 20.1. The molecular formula is C22H21N5O4. The molecule has 0 atom stereocenters. The lowest BCUT2D eigenvalue weighted by Gasteiger charge is -2.10. The molecular weight excluding hydrogens is 398 g/mol. The Hall–Kier alpha value is -4.14. The molecule has 0 saturated carbocycles. The van der Waals surface area contributed by atoms with Gasteiger partial charge in [-0.25, -0.2) is 4.98 Å². The van der Waals surface area contributed by atoms with Crippen LogP contribution in [0.25, 0.3) is 17.4 Å². The van der Waals surface area contributed by atoms with Crippen LogP contribution in [0.2, 0.25) is 0 Å². The number of carbonyl (C=O) groups excluding carboxylic acids is 1. The molecule has 0 aliphatic carbocycles. The lowest BCUT2D eigenvalue weighted by molar-refractivity contribution is -0.118. The highest BCUT2D eigenvalue weighted by Crippen LogP contribution is 2.24.